The van der Waals surface area contributed by atoms with Crippen LogP contribution < -0.4 is 5.32 Å². The fraction of sp³-hybridized carbons (Fsp3) is 0.917. The highest BCUT2D eigenvalue weighted by atomic mass is 16.5. The quantitative estimate of drug-likeness (QED) is 0.727. The Kier molecular flexibility index (Phi) is 5.09. The molecule has 1 fully saturated rings. The summed E-state index contributed by atoms with van der Waals surface area (Å²) in [6.45, 7) is 7.10. The topological polar surface area (TPSA) is 38.3 Å². The number of esters is 1. The van der Waals surface area contributed by atoms with E-state index in [1.54, 1.807) is 0 Å². The van der Waals surface area contributed by atoms with Gasteiger partial charge in [0.25, 0.3) is 0 Å². The second kappa shape index (κ2) is 6.11. The molecular weight excluding hydrogens is 190 g/mol. The summed E-state index contributed by atoms with van der Waals surface area (Å²) < 4.78 is 5.33. The summed E-state index contributed by atoms with van der Waals surface area (Å²) >= 11 is 0. The van der Waals surface area contributed by atoms with E-state index in [0.29, 0.717) is 5.92 Å². The van der Waals surface area contributed by atoms with Crippen LogP contribution in [0.1, 0.15) is 46.5 Å². The Bertz CT molecular complexity index is 206. The molecule has 3 nitrogen and oxygen atoms in total. The molecule has 88 valence electrons. The number of carbonyl (C=O) groups is 1. The van der Waals surface area contributed by atoms with Crippen molar-refractivity contribution in [2.45, 2.75) is 58.6 Å². The highest BCUT2D eigenvalue weighted by Gasteiger charge is 2.27. The molecule has 1 rings (SSSR count). The van der Waals surface area contributed by atoms with E-state index in [9.17, 15) is 4.79 Å². The lowest BCUT2D eigenvalue weighted by molar-refractivity contribution is -0.152. The molecule has 1 N–H and O–H groups in total. The minimum atomic E-state index is -0.0716. The van der Waals surface area contributed by atoms with Crippen LogP contribution in [-0.4, -0.2) is 24.7 Å². The molecule has 1 saturated heterocycles. The van der Waals surface area contributed by atoms with Gasteiger partial charge in [-0.05, 0) is 38.6 Å². The van der Waals surface area contributed by atoms with Crippen LogP contribution in [0.3, 0.4) is 0 Å². The molecule has 0 radical (unpaired) electrons. The van der Waals surface area contributed by atoms with Crippen molar-refractivity contribution in [1.29, 1.82) is 0 Å². The van der Waals surface area contributed by atoms with E-state index >= 15 is 0 Å². The first-order valence-corrected chi connectivity index (χ1v) is 6.11. The van der Waals surface area contributed by atoms with Gasteiger partial charge in [-0.3, -0.25) is 4.79 Å². The number of piperidine rings is 1. The van der Waals surface area contributed by atoms with Crippen molar-refractivity contribution in [3.8, 4) is 0 Å². The van der Waals surface area contributed by atoms with Crippen LogP contribution in [0.4, 0.5) is 0 Å². The second-order valence-corrected chi connectivity index (χ2v) is 4.46. The molecule has 0 aromatic rings. The smallest absolute Gasteiger partial charge is 0.323 e. The summed E-state index contributed by atoms with van der Waals surface area (Å²) in [6.07, 6.45) is 4.21. The maximum atomic E-state index is 11.7. The van der Waals surface area contributed by atoms with Crippen LogP contribution >= 0.6 is 0 Å². The maximum Gasteiger partial charge on any atom is 0.323 e. The molecule has 0 bridgehead atoms. The molecule has 0 amide bonds. The van der Waals surface area contributed by atoms with E-state index in [1.807, 2.05) is 13.8 Å². The molecule has 1 aliphatic rings. The van der Waals surface area contributed by atoms with E-state index in [-0.39, 0.29) is 18.1 Å². The van der Waals surface area contributed by atoms with Crippen LogP contribution in [0, 0.1) is 5.92 Å². The molecule has 3 heteroatoms. The van der Waals surface area contributed by atoms with Crippen molar-refractivity contribution in [3.63, 3.8) is 0 Å². The highest BCUT2D eigenvalue weighted by molar-refractivity contribution is 5.76. The second-order valence-electron chi connectivity index (χ2n) is 4.46. The van der Waals surface area contributed by atoms with Crippen LogP contribution in [0.2, 0.25) is 0 Å². The number of carbonyl (C=O) groups excluding carboxylic acids is 1. The monoisotopic (exact) mass is 213 g/mol. The predicted molar refractivity (Wildman–Crippen MR) is 60.7 cm³/mol. The third kappa shape index (κ3) is 3.82. The zero-order valence-electron chi connectivity index (χ0n) is 10.1. The molecule has 15 heavy (non-hydrogen) atoms. The van der Waals surface area contributed by atoms with E-state index in [1.165, 1.54) is 6.42 Å². The molecule has 0 saturated carbocycles. The van der Waals surface area contributed by atoms with Crippen molar-refractivity contribution in [1.82, 2.24) is 5.32 Å². The van der Waals surface area contributed by atoms with Gasteiger partial charge in [0.15, 0.2) is 0 Å². The lowest BCUT2D eigenvalue weighted by atomic mass is 9.90. The first kappa shape index (κ1) is 12.5. The van der Waals surface area contributed by atoms with Crippen LogP contribution in [0.15, 0.2) is 0 Å². The predicted octanol–water partition coefficient (Wildman–Crippen LogP) is 2.11. The van der Waals surface area contributed by atoms with Gasteiger partial charge in [0.2, 0.25) is 0 Å². The molecule has 0 spiro atoms. The van der Waals surface area contributed by atoms with Crippen LogP contribution in [-0.2, 0) is 9.53 Å². The SMILES string of the molecule is CCC1CCNC(C(=O)OC(C)CC)C1. The molecule has 1 heterocycles. The number of hydrogen-bond donors (Lipinski definition) is 1. The summed E-state index contributed by atoms with van der Waals surface area (Å²) in [6, 6.07) is -0.0716. The molecular formula is C12H23NO2. The van der Waals surface area contributed by atoms with Crippen molar-refractivity contribution < 1.29 is 9.53 Å². The third-order valence-electron chi connectivity index (χ3n) is 3.27. The first-order chi connectivity index (χ1) is 7.17. The van der Waals surface area contributed by atoms with Crippen LogP contribution in [0.25, 0.3) is 0 Å². The lowest BCUT2D eigenvalue weighted by Gasteiger charge is -2.29. The standard InChI is InChI=1S/C12H23NO2/c1-4-9(3)15-12(14)11-8-10(5-2)6-7-13-11/h9-11,13H,4-8H2,1-3H3. The number of rotatable bonds is 4. The van der Waals surface area contributed by atoms with E-state index < -0.39 is 0 Å². The lowest BCUT2D eigenvalue weighted by Crippen LogP contribution is -2.45. The van der Waals surface area contributed by atoms with Gasteiger partial charge in [-0.2, -0.15) is 0 Å². The van der Waals surface area contributed by atoms with Crippen LogP contribution in [0.5, 0.6) is 0 Å². The Morgan fingerprint density at radius 2 is 2.27 bits per heavy atom. The largest absolute Gasteiger partial charge is 0.462 e. The summed E-state index contributed by atoms with van der Waals surface area (Å²) in [7, 11) is 0. The summed E-state index contributed by atoms with van der Waals surface area (Å²) in [4.78, 5) is 11.7. The fourth-order valence-electron chi connectivity index (χ4n) is 1.91. The van der Waals surface area contributed by atoms with Crippen molar-refractivity contribution in [3.05, 3.63) is 0 Å². The Hall–Kier alpha value is -0.570. The molecule has 0 aliphatic carbocycles. The highest BCUT2D eigenvalue weighted by Crippen LogP contribution is 2.20. The van der Waals surface area contributed by atoms with E-state index in [0.717, 1.165) is 25.8 Å². The zero-order chi connectivity index (χ0) is 11.3. The van der Waals surface area contributed by atoms with Gasteiger partial charge in [0, 0.05) is 0 Å². The Morgan fingerprint density at radius 1 is 1.53 bits per heavy atom. The Morgan fingerprint density at radius 3 is 2.87 bits per heavy atom. The van der Waals surface area contributed by atoms with Crippen molar-refractivity contribution in [2.24, 2.45) is 5.92 Å². The van der Waals surface area contributed by atoms with E-state index in [4.69, 9.17) is 4.74 Å². The molecule has 0 aromatic carbocycles. The average molecular weight is 213 g/mol. The van der Waals surface area contributed by atoms with Gasteiger partial charge in [-0.25, -0.2) is 0 Å². The van der Waals surface area contributed by atoms with Gasteiger partial charge in [0.05, 0.1) is 6.10 Å². The van der Waals surface area contributed by atoms with Crippen molar-refractivity contribution >= 4 is 5.97 Å². The first-order valence-electron chi connectivity index (χ1n) is 6.11. The Balaban J connectivity index is 2.38. The molecule has 3 unspecified atom stereocenters. The molecule has 3 atom stereocenters. The minimum absolute atomic E-state index is 0.0429. The molecule has 1 aliphatic heterocycles. The van der Waals surface area contributed by atoms with Crippen molar-refractivity contribution in [2.75, 3.05) is 6.54 Å². The normalized spacial score (nSPS) is 28.5. The minimum Gasteiger partial charge on any atom is -0.462 e. The van der Waals surface area contributed by atoms with Gasteiger partial charge in [-0.1, -0.05) is 20.3 Å². The van der Waals surface area contributed by atoms with Gasteiger partial charge < -0.3 is 10.1 Å². The fourth-order valence-corrected chi connectivity index (χ4v) is 1.91. The average Bonchev–Trinajstić information content (AvgIpc) is 2.28. The summed E-state index contributed by atoms with van der Waals surface area (Å²) in [5.74, 6) is 0.614. The maximum absolute atomic E-state index is 11.7. The number of nitrogens with one attached hydrogen (secondary N) is 1. The van der Waals surface area contributed by atoms with Gasteiger partial charge >= 0.3 is 5.97 Å². The van der Waals surface area contributed by atoms with E-state index in [2.05, 4.69) is 12.2 Å². The van der Waals surface area contributed by atoms with Gasteiger partial charge in [-0.15, -0.1) is 0 Å². The van der Waals surface area contributed by atoms with Gasteiger partial charge in [0.1, 0.15) is 6.04 Å². The summed E-state index contributed by atoms with van der Waals surface area (Å²) in [5, 5.41) is 3.24. The number of ether oxygens (including phenoxy) is 1. The Labute approximate surface area is 92.6 Å². The number of hydrogen-bond acceptors (Lipinski definition) is 3. The zero-order valence-corrected chi connectivity index (χ0v) is 10.1. The molecule has 0 aromatic heterocycles. The third-order valence-corrected chi connectivity index (χ3v) is 3.27. The summed E-state index contributed by atoms with van der Waals surface area (Å²) in [5.41, 5.74) is 0.